The molecule has 3 N–H and O–H groups in total. The Bertz CT molecular complexity index is 808. The number of hydrogen-bond donors (Lipinski definition) is 3. The van der Waals surface area contributed by atoms with E-state index in [1.54, 1.807) is 23.6 Å². The minimum absolute atomic E-state index is 0.163. The molecule has 150 valence electrons. The van der Waals surface area contributed by atoms with Crippen LogP contribution in [0.1, 0.15) is 40.5 Å². The Hall–Kier alpha value is -3.07. The number of rotatable bonds is 9. The van der Waals surface area contributed by atoms with E-state index in [0.29, 0.717) is 42.2 Å². The van der Waals surface area contributed by atoms with E-state index in [9.17, 15) is 14.4 Å². The Labute approximate surface area is 167 Å². The molecule has 0 atom stereocenters. The number of hydrogen-bond acceptors (Lipinski definition) is 6. The van der Waals surface area contributed by atoms with Crippen LogP contribution in [0.5, 0.6) is 11.5 Å². The van der Waals surface area contributed by atoms with E-state index in [1.807, 2.05) is 12.3 Å². The molecule has 0 saturated carbocycles. The second kappa shape index (κ2) is 10.9. The Morgan fingerprint density at radius 1 is 1.04 bits per heavy atom. The third-order valence-electron chi connectivity index (χ3n) is 3.69. The summed E-state index contributed by atoms with van der Waals surface area (Å²) in [5.41, 5.74) is 5.63. The van der Waals surface area contributed by atoms with Gasteiger partial charge >= 0.3 is 0 Å². The number of carbonyl (C=O) groups is 3. The standard InChI is InChI=1S/C19H23N3O5S/c1-3-27-15-7-6-13(11-16(15)26-2)19(25)22-21-17(23)5-4-9-20-18(24)14-8-10-28-12-14/h6-8,10-12H,3-5,9H2,1-2H3,(H,20,24)(H,21,23)(H,22,25). The van der Waals surface area contributed by atoms with Crippen molar-refractivity contribution in [2.24, 2.45) is 0 Å². The highest BCUT2D eigenvalue weighted by atomic mass is 32.1. The summed E-state index contributed by atoms with van der Waals surface area (Å²) in [7, 11) is 1.48. The zero-order valence-electron chi connectivity index (χ0n) is 15.7. The molecule has 0 unspecified atom stereocenters. The van der Waals surface area contributed by atoms with Gasteiger partial charge in [0.1, 0.15) is 0 Å². The number of hydrazine groups is 1. The van der Waals surface area contributed by atoms with Crippen molar-refractivity contribution in [2.75, 3.05) is 20.3 Å². The Morgan fingerprint density at radius 3 is 2.54 bits per heavy atom. The van der Waals surface area contributed by atoms with Crippen molar-refractivity contribution in [1.29, 1.82) is 0 Å². The molecular weight excluding hydrogens is 382 g/mol. The molecule has 0 spiro atoms. The first-order valence-electron chi connectivity index (χ1n) is 8.75. The van der Waals surface area contributed by atoms with E-state index < -0.39 is 5.91 Å². The molecule has 28 heavy (non-hydrogen) atoms. The first kappa shape index (κ1) is 21.2. The molecule has 0 fully saturated rings. The third-order valence-corrected chi connectivity index (χ3v) is 4.37. The Morgan fingerprint density at radius 2 is 1.86 bits per heavy atom. The third kappa shape index (κ3) is 6.27. The van der Waals surface area contributed by atoms with Gasteiger partial charge in [-0.2, -0.15) is 11.3 Å². The molecule has 2 aromatic rings. The molecule has 0 saturated heterocycles. The van der Waals surface area contributed by atoms with Gasteiger partial charge in [0.2, 0.25) is 5.91 Å². The van der Waals surface area contributed by atoms with Crippen LogP contribution < -0.4 is 25.6 Å². The van der Waals surface area contributed by atoms with Crippen molar-refractivity contribution in [3.63, 3.8) is 0 Å². The minimum Gasteiger partial charge on any atom is -0.493 e. The second-order valence-electron chi connectivity index (χ2n) is 5.67. The average molecular weight is 405 g/mol. The number of ether oxygens (including phenoxy) is 2. The number of thiophene rings is 1. The number of nitrogens with one attached hydrogen (secondary N) is 3. The quantitative estimate of drug-likeness (QED) is 0.438. The van der Waals surface area contributed by atoms with Crippen LogP contribution >= 0.6 is 11.3 Å². The zero-order chi connectivity index (χ0) is 20.4. The molecule has 1 aromatic heterocycles. The molecule has 2 rings (SSSR count). The molecule has 9 heteroatoms. The fraction of sp³-hybridized carbons (Fsp3) is 0.316. The number of benzene rings is 1. The summed E-state index contributed by atoms with van der Waals surface area (Å²) in [5.74, 6) is -0.0202. The van der Waals surface area contributed by atoms with E-state index in [2.05, 4.69) is 16.2 Å². The smallest absolute Gasteiger partial charge is 0.269 e. The lowest BCUT2D eigenvalue weighted by molar-refractivity contribution is -0.121. The van der Waals surface area contributed by atoms with Crippen LogP contribution in [-0.4, -0.2) is 38.0 Å². The lowest BCUT2D eigenvalue weighted by Gasteiger charge is -2.11. The van der Waals surface area contributed by atoms with Crippen molar-refractivity contribution >= 4 is 29.1 Å². The minimum atomic E-state index is -0.472. The summed E-state index contributed by atoms with van der Waals surface area (Å²) < 4.78 is 10.6. The van der Waals surface area contributed by atoms with Crippen molar-refractivity contribution in [1.82, 2.24) is 16.2 Å². The van der Waals surface area contributed by atoms with Gasteiger partial charge in [0.15, 0.2) is 11.5 Å². The van der Waals surface area contributed by atoms with Crippen LogP contribution in [-0.2, 0) is 4.79 Å². The summed E-state index contributed by atoms with van der Waals surface area (Å²) >= 11 is 1.44. The van der Waals surface area contributed by atoms with Crippen LogP contribution in [0, 0.1) is 0 Å². The largest absolute Gasteiger partial charge is 0.493 e. The zero-order valence-corrected chi connectivity index (χ0v) is 16.6. The summed E-state index contributed by atoms with van der Waals surface area (Å²) in [4.78, 5) is 35.8. The molecule has 0 aliphatic carbocycles. The Kier molecular flexibility index (Phi) is 8.29. The summed E-state index contributed by atoms with van der Waals surface area (Å²) in [5, 5.41) is 6.32. The van der Waals surface area contributed by atoms with Gasteiger partial charge in [0.25, 0.3) is 11.8 Å². The molecular formula is C19H23N3O5S. The van der Waals surface area contributed by atoms with E-state index in [-0.39, 0.29) is 18.2 Å². The maximum Gasteiger partial charge on any atom is 0.269 e. The number of carbonyl (C=O) groups excluding carboxylic acids is 3. The molecule has 3 amide bonds. The van der Waals surface area contributed by atoms with Crippen molar-refractivity contribution in [3.8, 4) is 11.5 Å². The lowest BCUT2D eigenvalue weighted by Crippen LogP contribution is -2.41. The maximum absolute atomic E-state index is 12.2. The summed E-state index contributed by atoms with van der Waals surface area (Å²) in [6, 6.07) is 6.48. The van der Waals surface area contributed by atoms with Crippen LogP contribution in [0.25, 0.3) is 0 Å². The molecule has 0 bridgehead atoms. The number of amides is 3. The van der Waals surface area contributed by atoms with Gasteiger partial charge in [0, 0.05) is 29.5 Å². The molecule has 1 aromatic carbocycles. The predicted molar refractivity (Wildman–Crippen MR) is 106 cm³/mol. The van der Waals surface area contributed by atoms with E-state index in [4.69, 9.17) is 9.47 Å². The molecule has 0 aliphatic heterocycles. The highest BCUT2D eigenvalue weighted by molar-refractivity contribution is 7.08. The first-order valence-corrected chi connectivity index (χ1v) is 9.69. The monoisotopic (exact) mass is 405 g/mol. The first-order chi connectivity index (χ1) is 13.5. The molecule has 8 nitrogen and oxygen atoms in total. The van der Waals surface area contributed by atoms with Gasteiger partial charge in [0.05, 0.1) is 13.7 Å². The fourth-order valence-electron chi connectivity index (χ4n) is 2.29. The van der Waals surface area contributed by atoms with Crippen LogP contribution in [0.3, 0.4) is 0 Å². The van der Waals surface area contributed by atoms with Crippen molar-refractivity contribution in [3.05, 3.63) is 46.2 Å². The SMILES string of the molecule is CCOc1ccc(C(=O)NNC(=O)CCCNC(=O)c2ccsc2)cc1OC. The molecule has 0 radical (unpaired) electrons. The second-order valence-corrected chi connectivity index (χ2v) is 6.45. The lowest BCUT2D eigenvalue weighted by atomic mass is 10.2. The maximum atomic E-state index is 12.2. The summed E-state index contributed by atoms with van der Waals surface area (Å²) in [6.45, 7) is 2.70. The van der Waals surface area contributed by atoms with Gasteiger partial charge in [-0.25, -0.2) is 0 Å². The van der Waals surface area contributed by atoms with Crippen LogP contribution in [0.2, 0.25) is 0 Å². The topological polar surface area (TPSA) is 106 Å². The van der Waals surface area contributed by atoms with Gasteiger partial charge < -0.3 is 14.8 Å². The highest BCUT2D eigenvalue weighted by Crippen LogP contribution is 2.27. The molecule has 0 aliphatic rings. The van der Waals surface area contributed by atoms with E-state index in [0.717, 1.165) is 0 Å². The van der Waals surface area contributed by atoms with Crippen molar-refractivity contribution < 1.29 is 23.9 Å². The van der Waals surface area contributed by atoms with Gasteiger partial charge in [-0.15, -0.1) is 0 Å². The number of methoxy groups -OCH3 is 1. The average Bonchev–Trinajstić information content (AvgIpc) is 3.24. The summed E-state index contributed by atoms with van der Waals surface area (Å²) in [6.07, 6.45) is 0.616. The van der Waals surface area contributed by atoms with Gasteiger partial charge in [-0.3, -0.25) is 25.2 Å². The molecule has 1 heterocycles. The Balaban J connectivity index is 1.71. The van der Waals surface area contributed by atoms with Gasteiger partial charge in [-0.1, -0.05) is 0 Å². The van der Waals surface area contributed by atoms with E-state index in [1.165, 1.54) is 24.5 Å². The predicted octanol–water partition coefficient (Wildman–Crippen LogP) is 2.13. The normalized spacial score (nSPS) is 10.1. The van der Waals surface area contributed by atoms with E-state index >= 15 is 0 Å². The highest BCUT2D eigenvalue weighted by Gasteiger charge is 2.12. The van der Waals surface area contributed by atoms with Crippen LogP contribution in [0.15, 0.2) is 35.0 Å². The fourth-order valence-corrected chi connectivity index (χ4v) is 2.93. The van der Waals surface area contributed by atoms with Crippen LogP contribution in [0.4, 0.5) is 0 Å². The van der Waals surface area contributed by atoms with Gasteiger partial charge in [-0.05, 0) is 43.0 Å². The van der Waals surface area contributed by atoms with Crippen molar-refractivity contribution in [2.45, 2.75) is 19.8 Å².